The first kappa shape index (κ1) is 17.8. The van der Waals surface area contributed by atoms with Crippen molar-refractivity contribution in [3.05, 3.63) is 33.9 Å². The molecule has 0 radical (unpaired) electrons. The number of imide groups is 1. The van der Waals surface area contributed by atoms with Crippen LogP contribution in [-0.4, -0.2) is 59.9 Å². The maximum absolute atomic E-state index is 13.4. The second-order valence-electron chi connectivity index (χ2n) is 7.96. The number of rotatable bonds is 1. The van der Waals surface area contributed by atoms with Crippen LogP contribution in [0, 0.1) is 15.5 Å². The molecular formula is C19H24N4O4. The molecule has 0 bridgehead atoms. The van der Waals surface area contributed by atoms with Crippen LogP contribution < -0.4 is 4.90 Å². The largest absolute Gasteiger partial charge is 0.367 e. The Morgan fingerprint density at radius 3 is 2.70 bits per heavy atom. The number of non-ortho nitro benzene ring substituents is 1. The number of fused-ring (bicyclic) bond motifs is 4. The van der Waals surface area contributed by atoms with Crippen LogP contribution in [0.3, 0.4) is 0 Å². The molecule has 0 aliphatic carbocycles. The van der Waals surface area contributed by atoms with Gasteiger partial charge in [-0.05, 0) is 30.9 Å². The Morgan fingerprint density at radius 2 is 1.96 bits per heavy atom. The zero-order valence-electron chi connectivity index (χ0n) is 15.7. The van der Waals surface area contributed by atoms with Crippen LogP contribution in [0.5, 0.6) is 0 Å². The van der Waals surface area contributed by atoms with Crippen molar-refractivity contribution in [2.45, 2.75) is 38.1 Å². The molecule has 8 heteroatoms. The Hall–Kier alpha value is -2.64. The van der Waals surface area contributed by atoms with E-state index in [0.717, 1.165) is 43.5 Å². The quantitative estimate of drug-likeness (QED) is 0.558. The molecule has 2 fully saturated rings. The van der Waals surface area contributed by atoms with E-state index in [4.69, 9.17) is 0 Å². The molecule has 0 N–H and O–H groups in total. The van der Waals surface area contributed by atoms with Gasteiger partial charge in [0.2, 0.25) is 5.91 Å². The number of anilines is 1. The Morgan fingerprint density at radius 1 is 1.19 bits per heavy atom. The van der Waals surface area contributed by atoms with E-state index in [9.17, 15) is 19.7 Å². The van der Waals surface area contributed by atoms with E-state index in [0.29, 0.717) is 13.0 Å². The summed E-state index contributed by atoms with van der Waals surface area (Å²) in [5.41, 5.74) is 1.10. The molecule has 2 unspecified atom stereocenters. The van der Waals surface area contributed by atoms with Gasteiger partial charge in [-0.1, -0.05) is 12.8 Å². The van der Waals surface area contributed by atoms with E-state index in [2.05, 4.69) is 4.90 Å². The van der Waals surface area contributed by atoms with E-state index in [1.165, 1.54) is 11.9 Å². The number of nitro benzene ring substituents is 1. The molecule has 8 nitrogen and oxygen atoms in total. The lowest BCUT2D eigenvalue weighted by atomic mass is 9.67. The standard InChI is InChI=1S/C19H24N4O4/c1-20-12-19(17(24)21(2)18(20)25)11-13-10-14(23(26)27)7-8-15(13)22-9-5-3-4-6-16(19)22/h7-8,10,16H,3-6,9,11-12H2,1-2H3. The minimum absolute atomic E-state index is 0.000504. The normalized spacial score (nSPS) is 28.1. The third kappa shape index (κ3) is 2.57. The van der Waals surface area contributed by atoms with Gasteiger partial charge in [0.05, 0.1) is 10.3 Å². The summed E-state index contributed by atoms with van der Waals surface area (Å²) in [4.78, 5) is 41.6. The molecule has 1 spiro atoms. The van der Waals surface area contributed by atoms with Gasteiger partial charge in [-0.15, -0.1) is 0 Å². The number of nitro groups is 1. The maximum atomic E-state index is 13.4. The molecule has 0 saturated carbocycles. The zero-order valence-corrected chi connectivity index (χ0v) is 15.7. The molecule has 1 aromatic rings. The summed E-state index contributed by atoms with van der Waals surface area (Å²) in [6.45, 7) is 1.17. The summed E-state index contributed by atoms with van der Waals surface area (Å²) in [6.07, 6.45) is 4.48. The summed E-state index contributed by atoms with van der Waals surface area (Å²) < 4.78 is 0. The maximum Gasteiger partial charge on any atom is 0.326 e. The first-order valence-electron chi connectivity index (χ1n) is 9.42. The molecule has 2 atom stereocenters. The smallest absolute Gasteiger partial charge is 0.326 e. The van der Waals surface area contributed by atoms with Crippen molar-refractivity contribution in [1.82, 2.24) is 9.80 Å². The molecular weight excluding hydrogens is 348 g/mol. The molecule has 27 heavy (non-hydrogen) atoms. The summed E-state index contributed by atoms with van der Waals surface area (Å²) in [5, 5.41) is 11.3. The van der Waals surface area contributed by atoms with E-state index in [-0.39, 0.29) is 23.7 Å². The highest BCUT2D eigenvalue weighted by molar-refractivity contribution is 6.01. The SMILES string of the molecule is CN1CC2(Cc3cc([N+](=O)[O-])ccc3N3CCCCCC32)C(=O)N(C)C1=O. The Balaban J connectivity index is 1.87. The summed E-state index contributed by atoms with van der Waals surface area (Å²) in [6, 6.07) is 4.67. The van der Waals surface area contributed by atoms with Crippen LogP contribution >= 0.6 is 0 Å². The second kappa shape index (κ2) is 6.21. The molecule has 3 aliphatic heterocycles. The second-order valence-corrected chi connectivity index (χ2v) is 7.96. The number of carbonyl (C=O) groups is 2. The molecule has 3 heterocycles. The fourth-order valence-corrected chi connectivity index (χ4v) is 5.15. The van der Waals surface area contributed by atoms with Crippen LogP contribution in [0.2, 0.25) is 0 Å². The molecule has 1 aromatic carbocycles. The van der Waals surface area contributed by atoms with Gasteiger partial charge >= 0.3 is 6.03 Å². The first-order valence-corrected chi connectivity index (χ1v) is 9.42. The van der Waals surface area contributed by atoms with Gasteiger partial charge in [0.1, 0.15) is 0 Å². The van der Waals surface area contributed by atoms with Crippen LogP contribution in [0.15, 0.2) is 18.2 Å². The molecule has 144 valence electrons. The highest BCUT2D eigenvalue weighted by atomic mass is 16.6. The van der Waals surface area contributed by atoms with Gasteiger partial charge in [0.15, 0.2) is 0 Å². The molecule has 4 rings (SSSR count). The predicted octanol–water partition coefficient (Wildman–Crippen LogP) is 2.41. The van der Waals surface area contributed by atoms with Crippen molar-refractivity contribution in [1.29, 1.82) is 0 Å². The molecule has 3 amide bonds. The van der Waals surface area contributed by atoms with Crippen LogP contribution in [0.25, 0.3) is 0 Å². The Bertz CT molecular complexity index is 826. The Kier molecular flexibility index (Phi) is 4.09. The van der Waals surface area contributed by atoms with Gasteiger partial charge in [-0.3, -0.25) is 19.8 Å². The highest BCUT2D eigenvalue weighted by Crippen LogP contribution is 2.48. The fraction of sp³-hybridized carbons (Fsp3) is 0.579. The predicted molar refractivity (Wildman–Crippen MR) is 99.6 cm³/mol. The summed E-state index contributed by atoms with van der Waals surface area (Å²) in [7, 11) is 3.25. The minimum atomic E-state index is -0.760. The number of carbonyl (C=O) groups excluding carboxylic acids is 2. The van der Waals surface area contributed by atoms with E-state index < -0.39 is 10.3 Å². The summed E-state index contributed by atoms with van der Waals surface area (Å²) >= 11 is 0. The fourth-order valence-electron chi connectivity index (χ4n) is 5.15. The average Bonchev–Trinajstić information content (AvgIpc) is 2.91. The number of hydrogen-bond donors (Lipinski definition) is 0. The molecule has 0 aromatic heterocycles. The van der Waals surface area contributed by atoms with E-state index in [1.54, 1.807) is 24.1 Å². The average molecular weight is 372 g/mol. The van der Waals surface area contributed by atoms with Crippen molar-refractivity contribution in [2.24, 2.45) is 5.41 Å². The number of nitrogens with zero attached hydrogens (tertiary/aromatic N) is 4. The lowest BCUT2D eigenvalue weighted by Crippen LogP contribution is -2.68. The number of urea groups is 1. The van der Waals surface area contributed by atoms with Gasteiger partial charge in [-0.2, -0.15) is 0 Å². The van der Waals surface area contributed by atoms with Gasteiger partial charge in [-0.25, -0.2) is 4.79 Å². The number of amides is 3. The lowest BCUT2D eigenvalue weighted by molar-refractivity contribution is -0.384. The highest BCUT2D eigenvalue weighted by Gasteiger charge is 2.57. The number of benzene rings is 1. The van der Waals surface area contributed by atoms with Crippen LogP contribution in [-0.2, 0) is 11.2 Å². The lowest BCUT2D eigenvalue weighted by Gasteiger charge is -2.54. The van der Waals surface area contributed by atoms with Crippen molar-refractivity contribution < 1.29 is 14.5 Å². The van der Waals surface area contributed by atoms with Crippen LogP contribution in [0.4, 0.5) is 16.2 Å². The molecule has 3 aliphatic rings. The van der Waals surface area contributed by atoms with Crippen molar-refractivity contribution >= 4 is 23.3 Å². The van der Waals surface area contributed by atoms with Crippen molar-refractivity contribution in [2.75, 3.05) is 32.1 Å². The van der Waals surface area contributed by atoms with Gasteiger partial charge in [0.25, 0.3) is 5.69 Å². The van der Waals surface area contributed by atoms with E-state index in [1.807, 2.05) is 6.07 Å². The first-order chi connectivity index (χ1) is 12.8. The van der Waals surface area contributed by atoms with Gasteiger partial charge in [0, 0.05) is 51.0 Å². The zero-order chi connectivity index (χ0) is 19.3. The van der Waals surface area contributed by atoms with Crippen molar-refractivity contribution in [3.8, 4) is 0 Å². The van der Waals surface area contributed by atoms with E-state index >= 15 is 0 Å². The van der Waals surface area contributed by atoms with Crippen LogP contribution in [0.1, 0.15) is 31.2 Å². The minimum Gasteiger partial charge on any atom is -0.367 e. The topological polar surface area (TPSA) is 87.0 Å². The van der Waals surface area contributed by atoms with Gasteiger partial charge < -0.3 is 9.80 Å². The third-order valence-electron chi connectivity index (χ3n) is 6.34. The monoisotopic (exact) mass is 372 g/mol. The summed E-state index contributed by atoms with van der Waals surface area (Å²) in [5.74, 6) is -0.167. The Labute approximate surface area is 157 Å². The van der Waals surface area contributed by atoms with Crippen molar-refractivity contribution in [3.63, 3.8) is 0 Å². The molecule has 2 saturated heterocycles. The third-order valence-corrected chi connectivity index (χ3v) is 6.34. The number of hydrogen-bond acceptors (Lipinski definition) is 5.